The smallest absolute Gasteiger partial charge is 0.260 e. The van der Waals surface area contributed by atoms with Crippen molar-refractivity contribution in [1.82, 2.24) is 10.2 Å². The lowest BCUT2D eigenvalue weighted by molar-refractivity contribution is -0.131. The summed E-state index contributed by atoms with van der Waals surface area (Å²) in [5.41, 5.74) is 1.21. The van der Waals surface area contributed by atoms with Crippen molar-refractivity contribution >= 4 is 5.91 Å². The summed E-state index contributed by atoms with van der Waals surface area (Å²) in [5.74, 6) is 0.720. The van der Waals surface area contributed by atoms with E-state index in [1.54, 1.807) is 11.9 Å². The average molecular weight is 264 g/mol. The van der Waals surface area contributed by atoms with E-state index in [4.69, 9.17) is 4.74 Å². The highest BCUT2D eigenvalue weighted by atomic mass is 16.5. The van der Waals surface area contributed by atoms with E-state index >= 15 is 0 Å². The first kappa shape index (κ1) is 15.5. The number of hydrogen-bond acceptors (Lipinski definition) is 3. The lowest BCUT2D eigenvalue weighted by Gasteiger charge is -2.16. The van der Waals surface area contributed by atoms with E-state index in [0.29, 0.717) is 12.6 Å². The number of nitrogens with zero attached hydrogens (tertiary/aromatic N) is 1. The summed E-state index contributed by atoms with van der Waals surface area (Å²) >= 11 is 0. The van der Waals surface area contributed by atoms with Crippen molar-refractivity contribution in [3.63, 3.8) is 0 Å². The number of amides is 1. The summed E-state index contributed by atoms with van der Waals surface area (Å²) in [6, 6.07) is 8.19. The Morgan fingerprint density at radius 2 is 1.95 bits per heavy atom. The van der Waals surface area contributed by atoms with Gasteiger partial charge >= 0.3 is 0 Å². The molecule has 4 nitrogen and oxygen atoms in total. The molecule has 1 amide bonds. The van der Waals surface area contributed by atoms with Crippen LogP contribution in [0.5, 0.6) is 5.75 Å². The summed E-state index contributed by atoms with van der Waals surface area (Å²) in [6.07, 6.45) is 0. The zero-order chi connectivity index (χ0) is 14.3. The van der Waals surface area contributed by atoms with Gasteiger partial charge in [0.2, 0.25) is 0 Å². The minimum atomic E-state index is -0.00686. The molecule has 0 fully saturated rings. The molecular weight excluding hydrogens is 240 g/mol. The third-order valence-corrected chi connectivity index (χ3v) is 3.15. The largest absolute Gasteiger partial charge is 0.484 e. The fourth-order valence-electron chi connectivity index (χ4n) is 1.71. The number of carbonyl (C=O) groups is 1. The van der Waals surface area contributed by atoms with Gasteiger partial charge in [-0.3, -0.25) is 4.79 Å². The number of nitrogens with one attached hydrogen (secondary N) is 1. The Morgan fingerprint density at radius 1 is 1.32 bits per heavy atom. The molecule has 0 aliphatic rings. The molecule has 0 spiro atoms. The Kier molecular flexibility index (Phi) is 6.36. The molecule has 0 bridgehead atoms. The van der Waals surface area contributed by atoms with Gasteiger partial charge < -0.3 is 15.0 Å². The zero-order valence-corrected chi connectivity index (χ0v) is 12.3. The van der Waals surface area contributed by atoms with Gasteiger partial charge in [0.15, 0.2) is 6.61 Å². The third kappa shape index (κ3) is 4.91. The van der Waals surface area contributed by atoms with Crippen molar-refractivity contribution < 1.29 is 9.53 Å². The highest BCUT2D eigenvalue weighted by molar-refractivity contribution is 5.77. The van der Waals surface area contributed by atoms with Gasteiger partial charge in [-0.2, -0.15) is 0 Å². The first-order valence-corrected chi connectivity index (χ1v) is 6.78. The maximum absolute atomic E-state index is 11.6. The highest BCUT2D eigenvalue weighted by Crippen LogP contribution is 2.17. The SMILES string of the molecule is CCNC(C)c1ccc(OCC(=O)N(C)CC)cc1. The molecule has 0 aliphatic heterocycles. The molecule has 0 aromatic heterocycles. The minimum absolute atomic E-state index is 0.00686. The normalized spacial score (nSPS) is 12.0. The Balaban J connectivity index is 2.50. The molecule has 19 heavy (non-hydrogen) atoms. The van der Waals surface area contributed by atoms with Gasteiger partial charge in [0.1, 0.15) is 5.75 Å². The van der Waals surface area contributed by atoms with Crippen molar-refractivity contribution in [1.29, 1.82) is 0 Å². The van der Waals surface area contributed by atoms with Crippen LogP contribution >= 0.6 is 0 Å². The molecule has 1 rings (SSSR count). The maximum atomic E-state index is 11.6. The molecule has 0 aliphatic carbocycles. The summed E-state index contributed by atoms with van der Waals surface area (Å²) in [5, 5.41) is 3.35. The van der Waals surface area contributed by atoms with Gasteiger partial charge in [-0.15, -0.1) is 0 Å². The third-order valence-electron chi connectivity index (χ3n) is 3.15. The van der Waals surface area contributed by atoms with Crippen LogP contribution in [-0.4, -0.2) is 37.6 Å². The van der Waals surface area contributed by atoms with Gasteiger partial charge in [-0.05, 0) is 38.1 Å². The van der Waals surface area contributed by atoms with Crippen LogP contribution in [0.4, 0.5) is 0 Å². The average Bonchev–Trinajstić information content (AvgIpc) is 2.44. The predicted octanol–water partition coefficient (Wildman–Crippen LogP) is 2.21. The van der Waals surface area contributed by atoms with Crippen LogP contribution in [0.2, 0.25) is 0 Å². The molecule has 0 heterocycles. The molecule has 0 saturated heterocycles. The molecular formula is C15H24N2O2. The maximum Gasteiger partial charge on any atom is 0.260 e. The first-order valence-electron chi connectivity index (χ1n) is 6.78. The lowest BCUT2D eigenvalue weighted by atomic mass is 10.1. The Labute approximate surface area is 115 Å². The van der Waals surface area contributed by atoms with Crippen molar-refractivity contribution in [2.75, 3.05) is 26.7 Å². The summed E-state index contributed by atoms with van der Waals surface area (Å²) in [4.78, 5) is 13.2. The molecule has 4 heteroatoms. The molecule has 1 unspecified atom stereocenters. The van der Waals surface area contributed by atoms with Gasteiger partial charge in [0, 0.05) is 19.6 Å². The second kappa shape index (κ2) is 7.79. The number of likely N-dealkylation sites (N-methyl/N-ethyl adjacent to an activating group) is 1. The van der Waals surface area contributed by atoms with Crippen LogP contribution in [0.25, 0.3) is 0 Å². The van der Waals surface area contributed by atoms with Crippen LogP contribution in [0.3, 0.4) is 0 Å². The van der Waals surface area contributed by atoms with Crippen LogP contribution in [-0.2, 0) is 4.79 Å². The molecule has 0 radical (unpaired) electrons. The Hall–Kier alpha value is -1.55. The van der Waals surface area contributed by atoms with Gasteiger partial charge in [0.25, 0.3) is 5.91 Å². The highest BCUT2D eigenvalue weighted by Gasteiger charge is 2.08. The van der Waals surface area contributed by atoms with Crippen LogP contribution < -0.4 is 10.1 Å². The van der Waals surface area contributed by atoms with E-state index in [1.165, 1.54) is 5.56 Å². The zero-order valence-electron chi connectivity index (χ0n) is 12.3. The Morgan fingerprint density at radius 3 is 2.47 bits per heavy atom. The van der Waals surface area contributed by atoms with Crippen molar-refractivity contribution in [3.8, 4) is 5.75 Å². The molecule has 1 atom stereocenters. The predicted molar refractivity (Wildman–Crippen MR) is 77.3 cm³/mol. The van der Waals surface area contributed by atoms with Crippen LogP contribution in [0.15, 0.2) is 24.3 Å². The second-order valence-corrected chi connectivity index (χ2v) is 4.54. The standard InChI is InChI=1S/C15H24N2O2/c1-5-16-12(3)13-7-9-14(10-8-13)19-11-15(18)17(4)6-2/h7-10,12,16H,5-6,11H2,1-4H3. The van der Waals surface area contributed by atoms with Crippen molar-refractivity contribution in [2.24, 2.45) is 0 Å². The Bertz CT molecular complexity index is 390. The summed E-state index contributed by atoms with van der Waals surface area (Å²) < 4.78 is 5.47. The molecule has 1 aromatic rings. The van der Waals surface area contributed by atoms with Crippen molar-refractivity contribution in [2.45, 2.75) is 26.8 Å². The number of benzene rings is 1. The number of hydrogen-bond donors (Lipinski definition) is 1. The van der Waals surface area contributed by atoms with Crippen LogP contribution in [0.1, 0.15) is 32.4 Å². The first-order chi connectivity index (χ1) is 9.08. The van der Waals surface area contributed by atoms with E-state index in [0.717, 1.165) is 12.3 Å². The molecule has 0 saturated carbocycles. The van der Waals surface area contributed by atoms with E-state index in [9.17, 15) is 4.79 Å². The van der Waals surface area contributed by atoms with Gasteiger partial charge in [0.05, 0.1) is 0 Å². The van der Waals surface area contributed by atoms with Crippen molar-refractivity contribution in [3.05, 3.63) is 29.8 Å². The molecule has 1 N–H and O–H groups in total. The number of ether oxygens (including phenoxy) is 1. The van der Waals surface area contributed by atoms with Crippen LogP contribution in [0, 0.1) is 0 Å². The van der Waals surface area contributed by atoms with E-state index in [-0.39, 0.29) is 12.5 Å². The summed E-state index contributed by atoms with van der Waals surface area (Å²) in [6.45, 7) is 7.88. The summed E-state index contributed by atoms with van der Waals surface area (Å²) in [7, 11) is 1.77. The molecule has 1 aromatic carbocycles. The number of rotatable bonds is 7. The monoisotopic (exact) mass is 264 g/mol. The molecule has 106 valence electrons. The second-order valence-electron chi connectivity index (χ2n) is 4.54. The topological polar surface area (TPSA) is 41.6 Å². The number of carbonyl (C=O) groups excluding carboxylic acids is 1. The fourth-order valence-corrected chi connectivity index (χ4v) is 1.71. The van der Waals surface area contributed by atoms with E-state index in [2.05, 4.69) is 19.2 Å². The lowest BCUT2D eigenvalue weighted by Crippen LogP contribution is -2.31. The fraction of sp³-hybridized carbons (Fsp3) is 0.533. The minimum Gasteiger partial charge on any atom is -0.484 e. The van der Waals surface area contributed by atoms with E-state index < -0.39 is 0 Å². The quantitative estimate of drug-likeness (QED) is 0.821. The van der Waals surface area contributed by atoms with Gasteiger partial charge in [-0.25, -0.2) is 0 Å². The van der Waals surface area contributed by atoms with E-state index in [1.807, 2.05) is 31.2 Å². The van der Waals surface area contributed by atoms with Gasteiger partial charge in [-0.1, -0.05) is 19.1 Å².